The Morgan fingerprint density at radius 1 is 0.944 bits per heavy atom. The highest BCUT2D eigenvalue weighted by molar-refractivity contribution is 5.85. The predicted octanol–water partition coefficient (Wildman–Crippen LogP) is 4.02. The monoisotopic (exact) mass is 252 g/mol. The van der Waals surface area contributed by atoms with Gasteiger partial charge in [-0.15, -0.1) is 0 Å². The average molecular weight is 252 g/mol. The third-order valence-corrected chi connectivity index (χ3v) is 4.31. The number of carbonyl (C=O) groups excluding carboxylic acids is 2. The molecule has 1 saturated carbocycles. The van der Waals surface area contributed by atoms with E-state index in [4.69, 9.17) is 0 Å². The van der Waals surface area contributed by atoms with Gasteiger partial charge in [-0.05, 0) is 32.1 Å². The number of hydrogen-bond acceptors (Lipinski definition) is 2. The van der Waals surface area contributed by atoms with E-state index < -0.39 is 0 Å². The molecule has 1 fully saturated rings. The van der Waals surface area contributed by atoms with Crippen molar-refractivity contribution in [1.29, 1.82) is 0 Å². The summed E-state index contributed by atoms with van der Waals surface area (Å²) in [5.74, 6) is 1.62. The Kier molecular flexibility index (Phi) is 6.04. The number of carbonyl (C=O) groups is 2. The molecule has 0 spiro atoms. The first-order chi connectivity index (χ1) is 8.47. The van der Waals surface area contributed by atoms with E-state index in [1.54, 1.807) is 0 Å². The fourth-order valence-corrected chi connectivity index (χ4v) is 3.11. The summed E-state index contributed by atoms with van der Waals surface area (Å²) in [7, 11) is 0. The molecule has 1 aliphatic carbocycles. The van der Waals surface area contributed by atoms with Crippen molar-refractivity contribution in [3.05, 3.63) is 0 Å². The summed E-state index contributed by atoms with van der Waals surface area (Å²) >= 11 is 0. The Bertz CT molecular complexity index is 285. The van der Waals surface area contributed by atoms with Gasteiger partial charge in [0.2, 0.25) is 0 Å². The molecule has 1 aliphatic rings. The zero-order valence-corrected chi connectivity index (χ0v) is 12.4. The van der Waals surface area contributed by atoms with E-state index in [1.807, 2.05) is 13.8 Å². The summed E-state index contributed by atoms with van der Waals surface area (Å²) in [5.41, 5.74) is 0. The SMILES string of the molecule is CCCC(C)C(=O)[C@H]1CC[C@H](C(=O)C(C)C)CC1. The summed E-state index contributed by atoms with van der Waals surface area (Å²) < 4.78 is 0. The Hall–Kier alpha value is -0.660. The van der Waals surface area contributed by atoms with E-state index in [1.165, 1.54) is 0 Å². The molecule has 0 bridgehead atoms. The first kappa shape index (κ1) is 15.4. The highest BCUT2D eigenvalue weighted by Gasteiger charge is 2.31. The molecular formula is C16H28O2. The molecule has 0 amide bonds. The molecule has 1 atom stereocenters. The fraction of sp³-hybridized carbons (Fsp3) is 0.875. The van der Waals surface area contributed by atoms with Gasteiger partial charge in [-0.1, -0.05) is 34.1 Å². The van der Waals surface area contributed by atoms with Gasteiger partial charge in [0.05, 0.1) is 0 Å². The van der Waals surface area contributed by atoms with Crippen LogP contribution in [0.5, 0.6) is 0 Å². The second-order valence-electron chi connectivity index (χ2n) is 6.20. The van der Waals surface area contributed by atoms with E-state index in [2.05, 4.69) is 13.8 Å². The normalized spacial score (nSPS) is 26.1. The minimum absolute atomic E-state index is 0.140. The molecule has 0 aromatic rings. The van der Waals surface area contributed by atoms with Crippen LogP contribution < -0.4 is 0 Å². The van der Waals surface area contributed by atoms with Crippen LogP contribution in [0.25, 0.3) is 0 Å². The Balaban J connectivity index is 2.44. The minimum atomic E-state index is 0.140. The van der Waals surface area contributed by atoms with E-state index in [-0.39, 0.29) is 23.7 Å². The molecule has 2 nitrogen and oxygen atoms in total. The predicted molar refractivity (Wildman–Crippen MR) is 74.4 cm³/mol. The van der Waals surface area contributed by atoms with Crippen molar-refractivity contribution in [1.82, 2.24) is 0 Å². The molecule has 0 aliphatic heterocycles. The van der Waals surface area contributed by atoms with Crippen LogP contribution in [0, 0.1) is 23.7 Å². The Labute approximate surface area is 112 Å². The van der Waals surface area contributed by atoms with Crippen LogP contribution in [0.1, 0.15) is 66.2 Å². The van der Waals surface area contributed by atoms with Crippen molar-refractivity contribution in [2.45, 2.75) is 66.2 Å². The number of Topliss-reactive ketones (excluding diaryl/α,β-unsaturated/α-hetero) is 2. The topological polar surface area (TPSA) is 34.1 Å². The second kappa shape index (κ2) is 7.06. The first-order valence-corrected chi connectivity index (χ1v) is 7.54. The van der Waals surface area contributed by atoms with Gasteiger partial charge in [0.25, 0.3) is 0 Å². The molecular weight excluding hydrogens is 224 g/mol. The van der Waals surface area contributed by atoms with Gasteiger partial charge in [0.15, 0.2) is 0 Å². The summed E-state index contributed by atoms with van der Waals surface area (Å²) in [5, 5.41) is 0. The van der Waals surface area contributed by atoms with Crippen molar-refractivity contribution in [3.8, 4) is 0 Å². The Morgan fingerprint density at radius 2 is 1.39 bits per heavy atom. The van der Waals surface area contributed by atoms with Gasteiger partial charge in [0, 0.05) is 23.7 Å². The van der Waals surface area contributed by atoms with Gasteiger partial charge in [-0.25, -0.2) is 0 Å². The fourth-order valence-electron chi connectivity index (χ4n) is 3.11. The summed E-state index contributed by atoms with van der Waals surface area (Å²) in [6, 6.07) is 0. The van der Waals surface area contributed by atoms with Crippen LogP contribution in [0.3, 0.4) is 0 Å². The average Bonchev–Trinajstić information content (AvgIpc) is 2.37. The van der Waals surface area contributed by atoms with Crippen LogP contribution in [-0.2, 0) is 9.59 Å². The second-order valence-corrected chi connectivity index (χ2v) is 6.20. The van der Waals surface area contributed by atoms with E-state index >= 15 is 0 Å². The van der Waals surface area contributed by atoms with E-state index in [0.717, 1.165) is 38.5 Å². The molecule has 0 heterocycles. The molecule has 0 N–H and O–H groups in total. The highest BCUT2D eigenvalue weighted by Crippen LogP contribution is 2.33. The van der Waals surface area contributed by atoms with Crippen molar-refractivity contribution in [2.75, 3.05) is 0 Å². The maximum atomic E-state index is 12.2. The van der Waals surface area contributed by atoms with Gasteiger partial charge in [-0.3, -0.25) is 9.59 Å². The lowest BCUT2D eigenvalue weighted by atomic mass is 9.74. The van der Waals surface area contributed by atoms with E-state index in [0.29, 0.717) is 11.6 Å². The standard InChI is InChI=1S/C16H28O2/c1-5-6-12(4)16(18)14-9-7-13(8-10-14)15(17)11(2)3/h11-14H,5-10H2,1-4H3/t12?,13-,14-. The highest BCUT2D eigenvalue weighted by atomic mass is 16.1. The molecule has 1 rings (SSSR count). The van der Waals surface area contributed by atoms with Crippen molar-refractivity contribution >= 4 is 11.6 Å². The van der Waals surface area contributed by atoms with Gasteiger partial charge >= 0.3 is 0 Å². The lowest BCUT2D eigenvalue weighted by Crippen LogP contribution is -2.30. The maximum absolute atomic E-state index is 12.2. The minimum Gasteiger partial charge on any atom is -0.299 e. The molecule has 0 aromatic heterocycles. The molecule has 0 saturated heterocycles. The largest absolute Gasteiger partial charge is 0.299 e. The third-order valence-electron chi connectivity index (χ3n) is 4.31. The Morgan fingerprint density at radius 3 is 1.78 bits per heavy atom. The third kappa shape index (κ3) is 3.93. The summed E-state index contributed by atoms with van der Waals surface area (Å²) in [6.45, 7) is 8.13. The molecule has 104 valence electrons. The van der Waals surface area contributed by atoms with Crippen molar-refractivity contribution in [2.24, 2.45) is 23.7 Å². The van der Waals surface area contributed by atoms with Crippen molar-refractivity contribution < 1.29 is 9.59 Å². The maximum Gasteiger partial charge on any atom is 0.138 e. The quantitative estimate of drug-likeness (QED) is 0.715. The zero-order chi connectivity index (χ0) is 13.7. The van der Waals surface area contributed by atoms with Gasteiger partial charge in [-0.2, -0.15) is 0 Å². The molecule has 18 heavy (non-hydrogen) atoms. The lowest BCUT2D eigenvalue weighted by Gasteiger charge is -2.29. The zero-order valence-electron chi connectivity index (χ0n) is 12.4. The number of ketones is 2. The van der Waals surface area contributed by atoms with Gasteiger partial charge in [0.1, 0.15) is 11.6 Å². The smallest absolute Gasteiger partial charge is 0.138 e. The van der Waals surface area contributed by atoms with E-state index in [9.17, 15) is 9.59 Å². The molecule has 0 radical (unpaired) electrons. The van der Waals surface area contributed by atoms with Gasteiger partial charge < -0.3 is 0 Å². The molecule has 1 unspecified atom stereocenters. The summed E-state index contributed by atoms with van der Waals surface area (Å²) in [6.07, 6.45) is 5.78. The van der Waals surface area contributed by atoms with Crippen molar-refractivity contribution in [3.63, 3.8) is 0 Å². The van der Waals surface area contributed by atoms with Crippen LogP contribution in [0.4, 0.5) is 0 Å². The van der Waals surface area contributed by atoms with Crippen LogP contribution >= 0.6 is 0 Å². The summed E-state index contributed by atoms with van der Waals surface area (Å²) in [4.78, 5) is 24.1. The molecule has 2 heteroatoms. The molecule has 0 aromatic carbocycles. The lowest BCUT2D eigenvalue weighted by molar-refractivity contribution is -0.131. The van der Waals surface area contributed by atoms with Crippen LogP contribution in [0.2, 0.25) is 0 Å². The van der Waals surface area contributed by atoms with Crippen LogP contribution in [-0.4, -0.2) is 11.6 Å². The number of rotatable bonds is 6. The first-order valence-electron chi connectivity index (χ1n) is 7.54. The number of hydrogen-bond donors (Lipinski definition) is 0. The van der Waals surface area contributed by atoms with Crippen LogP contribution in [0.15, 0.2) is 0 Å².